The molecule has 1 aromatic rings. The van der Waals surface area contributed by atoms with Gasteiger partial charge in [-0.15, -0.1) is 0 Å². The van der Waals surface area contributed by atoms with E-state index in [1.165, 1.54) is 6.42 Å². The average molecular weight is 252 g/mol. The van der Waals surface area contributed by atoms with Crippen molar-refractivity contribution < 1.29 is 0 Å². The molecule has 0 saturated carbocycles. The summed E-state index contributed by atoms with van der Waals surface area (Å²) in [5.74, 6) is 6.76. The van der Waals surface area contributed by atoms with Crippen LogP contribution < -0.4 is 11.3 Å². The molecule has 6 heteroatoms. The lowest BCUT2D eigenvalue weighted by molar-refractivity contribution is 0.173. The highest BCUT2D eigenvalue weighted by atomic mass is 15.3. The Morgan fingerprint density at radius 1 is 1.39 bits per heavy atom. The van der Waals surface area contributed by atoms with E-state index in [-0.39, 0.29) is 6.04 Å². The Morgan fingerprint density at radius 2 is 2.17 bits per heavy atom. The maximum absolute atomic E-state index is 5.77. The molecule has 0 amide bonds. The van der Waals surface area contributed by atoms with Crippen LogP contribution in [0.15, 0.2) is 12.4 Å². The zero-order valence-corrected chi connectivity index (χ0v) is 11.5. The van der Waals surface area contributed by atoms with Gasteiger partial charge in [-0.25, -0.2) is 10.4 Å². The van der Waals surface area contributed by atoms with E-state index in [9.17, 15) is 0 Å². The number of rotatable bonds is 3. The van der Waals surface area contributed by atoms with E-state index in [1.54, 1.807) is 0 Å². The molecule has 3 N–H and O–H groups in total. The molecule has 1 aromatic heterocycles. The van der Waals surface area contributed by atoms with E-state index in [2.05, 4.69) is 34.3 Å². The molecule has 1 saturated heterocycles. The van der Waals surface area contributed by atoms with E-state index < -0.39 is 0 Å². The summed E-state index contributed by atoms with van der Waals surface area (Å²) in [5, 5.41) is 0. The first-order valence-electron chi connectivity index (χ1n) is 6.45. The quantitative estimate of drug-likeness (QED) is 0.564. The van der Waals surface area contributed by atoms with Gasteiger partial charge in [0.15, 0.2) is 0 Å². The Bertz CT molecular complexity index is 376. The molecule has 2 unspecified atom stereocenters. The lowest BCUT2D eigenvalue weighted by Crippen LogP contribution is -2.49. The van der Waals surface area contributed by atoms with Gasteiger partial charge in [0, 0.05) is 32.0 Å². The van der Waals surface area contributed by atoms with E-state index in [0.717, 1.165) is 25.5 Å². The molecule has 0 spiro atoms. The van der Waals surface area contributed by atoms with Crippen LogP contribution in [0.3, 0.4) is 0 Å². The number of hydrogen-bond acceptors (Lipinski definition) is 5. The maximum Gasteiger partial charge on any atom is 0.128 e. The molecule has 2 heterocycles. The van der Waals surface area contributed by atoms with Gasteiger partial charge in [-0.3, -0.25) is 5.84 Å². The van der Waals surface area contributed by atoms with Crippen LogP contribution in [0.1, 0.15) is 18.3 Å². The fourth-order valence-electron chi connectivity index (χ4n) is 2.70. The maximum atomic E-state index is 5.77. The molecule has 2 rings (SSSR count). The molecule has 0 aliphatic carbocycles. The number of hydrazine groups is 1. The predicted molar refractivity (Wildman–Crippen MR) is 71.8 cm³/mol. The molecule has 0 aromatic carbocycles. The Morgan fingerprint density at radius 3 is 2.78 bits per heavy atom. The summed E-state index contributed by atoms with van der Waals surface area (Å²) in [4.78, 5) is 9.17. The zero-order valence-electron chi connectivity index (χ0n) is 11.5. The minimum absolute atomic E-state index is 0.0514. The Balaban J connectivity index is 2.22. The topological polar surface area (TPSA) is 62.4 Å². The standard InChI is InChI=1S/C12H24N6/c1-16-6-4-7-17(2)10(9-16)11(15-13)12-14-5-8-18(12)3/h5,8,10-11,15H,4,6-7,9,13H2,1-3H3. The normalized spacial score (nSPS) is 25.0. The van der Waals surface area contributed by atoms with Gasteiger partial charge in [0.25, 0.3) is 0 Å². The molecule has 0 radical (unpaired) electrons. The number of nitrogens with zero attached hydrogens (tertiary/aromatic N) is 4. The number of aromatic nitrogens is 2. The molecular formula is C12H24N6. The Hall–Kier alpha value is -0.950. The van der Waals surface area contributed by atoms with Crippen molar-refractivity contribution in [3.63, 3.8) is 0 Å². The van der Waals surface area contributed by atoms with E-state index in [1.807, 2.05) is 24.0 Å². The van der Waals surface area contributed by atoms with Gasteiger partial charge < -0.3 is 14.4 Å². The average Bonchev–Trinajstić information content (AvgIpc) is 2.67. The van der Waals surface area contributed by atoms with Gasteiger partial charge in [-0.05, 0) is 33.6 Å². The summed E-state index contributed by atoms with van der Waals surface area (Å²) in [6.45, 7) is 3.23. The molecule has 102 valence electrons. The molecule has 0 bridgehead atoms. The van der Waals surface area contributed by atoms with Gasteiger partial charge in [0.05, 0.1) is 6.04 Å². The number of aryl methyl sites for hydroxylation is 1. The summed E-state index contributed by atoms with van der Waals surface area (Å²) in [7, 11) is 6.34. The van der Waals surface area contributed by atoms with Crippen LogP contribution in [0.2, 0.25) is 0 Å². The molecule has 1 aliphatic heterocycles. The first-order valence-corrected chi connectivity index (χ1v) is 6.45. The molecule has 18 heavy (non-hydrogen) atoms. The number of hydrogen-bond donors (Lipinski definition) is 2. The van der Waals surface area contributed by atoms with Crippen molar-refractivity contribution in [2.75, 3.05) is 33.7 Å². The van der Waals surface area contributed by atoms with Crippen molar-refractivity contribution in [3.8, 4) is 0 Å². The summed E-state index contributed by atoms with van der Waals surface area (Å²) >= 11 is 0. The van der Waals surface area contributed by atoms with Crippen molar-refractivity contribution in [1.29, 1.82) is 0 Å². The molecule has 1 fully saturated rings. The first-order chi connectivity index (χ1) is 8.63. The van der Waals surface area contributed by atoms with Crippen LogP contribution in [0.4, 0.5) is 0 Å². The van der Waals surface area contributed by atoms with Crippen LogP contribution in [0.25, 0.3) is 0 Å². The van der Waals surface area contributed by atoms with Gasteiger partial charge in [-0.1, -0.05) is 0 Å². The van der Waals surface area contributed by atoms with Crippen LogP contribution in [0.5, 0.6) is 0 Å². The van der Waals surface area contributed by atoms with Gasteiger partial charge in [0.2, 0.25) is 0 Å². The largest absolute Gasteiger partial charge is 0.337 e. The minimum atomic E-state index is 0.0514. The molecule has 6 nitrogen and oxygen atoms in total. The second-order valence-electron chi connectivity index (χ2n) is 5.20. The molecule has 1 aliphatic rings. The first kappa shape index (κ1) is 13.5. The van der Waals surface area contributed by atoms with Gasteiger partial charge >= 0.3 is 0 Å². The third-order valence-electron chi connectivity index (χ3n) is 3.82. The third kappa shape index (κ3) is 2.72. The summed E-state index contributed by atoms with van der Waals surface area (Å²) < 4.78 is 2.03. The fourth-order valence-corrected chi connectivity index (χ4v) is 2.70. The van der Waals surface area contributed by atoms with Gasteiger partial charge in [-0.2, -0.15) is 0 Å². The van der Waals surface area contributed by atoms with Crippen LogP contribution in [-0.4, -0.2) is 59.1 Å². The van der Waals surface area contributed by atoms with Crippen LogP contribution >= 0.6 is 0 Å². The van der Waals surface area contributed by atoms with Crippen molar-refractivity contribution in [2.45, 2.75) is 18.5 Å². The van der Waals surface area contributed by atoms with Crippen molar-refractivity contribution in [3.05, 3.63) is 18.2 Å². The lowest BCUT2D eigenvalue weighted by atomic mass is 10.1. The monoisotopic (exact) mass is 252 g/mol. The zero-order chi connectivity index (χ0) is 13.1. The molecular weight excluding hydrogens is 228 g/mol. The summed E-state index contributed by atoms with van der Waals surface area (Å²) in [6.07, 6.45) is 4.97. The SMILES string of the molecule is CN1CCCN(C)C(C(NN)c2nccn2C)C1. The Labute approximate surface area is 109 Å². The Kier molecular flexibility index (Phi) is 4.34. The molecule has 2 atom stereocenters. The summed E-state index contributed by atoms with van der Waals surface area (Å²) in [6, 6.07) is 0.388. The van der Waals surface area contributed by atoms with Gasteiger partial charge in [0.1, 0.15) is 5.82 Å². The number of nitrogens with two attached hydrogens (primary N) is 1. The second-order valence-corrected chi connectivity index (χ2v) is 5.20. The van der Waals surface area contributed by atoms with E-state index >= 15 is 0 Å². The number of nitrogens with one attached hydrogen (secondary N) is 1. The van der Waals surface area contributed by atoms with Crippen LogP contribution in [0, 0.1) is 0 Å². The number of imidazole rings is 1. The van der Waals surface area contributed by atoms with E-state index in [4.69, 9.17) is 5.84 Å². The number of likely N-dealkylation sites (N-methyl/N-ethyl adjacent to an activating group) is 2. The minimum Gasteiger partial charge on any atom is -0.337 e. The highest BCUT2D eigenvalue weighted by molar-refractivity contribution is 5.04. The highest BCUT2D eigenvalue weighted by Crippen LogP contribution is 2.20. The lowest BCUT2D eigenvalue weighted by Gasteiger charge is -2.33. The van der Waals surface area contributed by atoms with Crippen molar-refractivity contribution in [2.24, 2.45) is 12.9 Å². The van der Waals surface area contributed by atoms with Crippen molar-refractivity contribution >= 4 is 0 Å². The van der Waals surface area contributed by atoms with E-state index in [0.29, 0.717) is 6.04 Å². The fraction of sp³-hybridized carbons (Fsp3) is 0.750. The third-order valence-corrected chi connectivity index (χ3v) is 3.82. The highest BCUT2D eigenvalue weighted by Gasteiger charge is 2.31. The summed E-state index contributed by atoms with van der Waals surface area (Å²) in [5.41, 5.74) is 2.94. The predicted octanol–water partition coefficient (Wildman–Crippen LogP) is -0.440. The van der Waals surface area contributed by atoms with Crippen LogP contribution in [-0.2, 0) is 7.05 Å². The smallest absolute Gasteiger partial charge is 0.128 e. The van der Waals surface area contributed by atoms with Crippen molar-refractivity contribution in [1.82, 2.24) is 24.8 Å². The second kappa shape index (κ2) is 5.79.